The van der Waals surface area contributed by atoms with Crippen molar-refractivity contribution in [2.24, 2.45) is 0 Å². The summed E-state index contributed by atoms with van der Waals surface area (Å²) in [6, 6.07) is 9.64. The highest BCUT2D eigenvalue weighted by atomic mass is 35.5. The first-order valence-electron chi connectivity index (χ1n) is 7.07. The van der Waals surface area contributed by atoms with Gasteiger partial charge in [0, 0.05) is 11.9 Å². The number of carbonyl (C=O) groups excluding carboxylic acids is 2. The van der Waals surface area contributed by atoms with Gasteiger partial charge >= 0.3 is 5.97 Å². The topological polar surface area (TPSA) is 85.4 Å². The Morgan fingerprint density at radius 3 is 2.71 bits per heavy atom. The van der Waals surface area contributed by atoms with Crippen molar-refractivity contribution < 1.29 is 18.5 Å². The quantitative estimate of drug-likeness (QED) is 0.627. The van der Waals surface area contributed by atoms with Gasteiger partial charge in [0.05, 0.1) is 26.9 Å². The first kappa shape index (κ1) is 18.1. The minimum absolute atomic E-state index is 0.140. The maximum absolute atomic E-state index is 12.1. The van der Waals surface area contributed by atoms with Crippen LogP contribution in [0.2, 0.25) is 5.15 Å². The number of carbonyl (C=O) groups is 2. The number of halogens is 1. The predicted octanol–water partition coefficient (Wildman–Crippen LogP) is 2.66. The maximum Gasteiger partial charge on any atom is 0.339 e. The molecule has 1 aromatic carbocycles. The summed E-state index contributed by atoms with van der Waals surface area (Å²) in [5, 5.41) is 2.63. The summed E-state index contributed by atoms with van der Waals surface area (Å²) in [6.45, 7) is 1.26. The smallest absolute Gasteiger partial charge is 0.339 e. The molecule has 8 heteroatoms. The molecule has 24 heavy (non-hydrogen) atoms. The summed E-state index contributed by atoms with van der Waals surface area (Å²) in [6.07, 6.45) is 1.49. The highest BCUT2D eigenvalue weighted by molar-refractivity contribution is 7.85. The third-order valence-electron chi connectivity index (χ3n) is 2.98. The lowest BCUT2D eigenvalue weighted by Crippen LogP contribution is -2.21. The zero-order valence-electron chi connectivity index (χ0n) is 12.8. The summed E-state index contributed by atoms with van der Waals surface area (Å²) in [4.78, 5) is 28.2. The van der Waals surface area contributed by atoms with Crippen LogP contribution < -0.4 is 5.32 Å². The number of nitrogens with one attached hydrogen (secondary N) is 1. The molecule has 1 aromatic heterocycles. The van der Waals surface area contributed by atoms with Crippen LogP contribution >= 0.6 is 11.6 Å². The predicted molar refractivity (Wildman–Crippen MR) is 91.6 cm³/mol. The van der Waals surface area contributed by atoms with Crippen molar-refractivity contribution in [2.75, 3.05) is 17.7 Å². The molecule has 0 fully saturated rings. The van der Waals surface area contributed by atoms with Gasteiger partial charge in [0.15, 0.2) is 11.8 Å². The van der Waals surface area contributed by atoms with E-state index in [0.29, 0.717) is 16.3 Å². The highest BCUT2D eigenvalue weighted by Crippen LogP contribution is 2.18. The van der Waals surface area contributed by atoms with E-state index in [1.807, 2.05) is 0 Å². The molecule has 126 valence electrons. The number of hydrogen-bond donors (Lipinski definition) is 1. The molecule has 0 saturated heterocycles. The molecule has 1 N–H and O–H groups in total. The maximum atomic E-state index is 12.1. The van der Waals surface area contributed by atoms with Gasteiger partial charge in [-0.1, -0.05) is 30.7 Å². The van der Waals surface area contributed by atoms with Gasteiger partial charge in [-0.05, 0) is 24.3 Å². The Morgan fingerprint density at radius 1 is 1.25 bits per heavy atom. The van der Waals surface area contributed by atoms with E-state index in [1.165, 1.54) is 12.3 Å². The monoisotopic (exact) mass is 366 g/mol. The van der Waals surface area contributed by atoms with E-state index in [2.05, 4.69) is 10.3 Å². The molecule has 2 aromatic rings. The molecular formula is C16H15ClN2O4S. The Labute approximate surface area is 146 Å². The highest BCUT2D eigenvalue weighted by Gasteiger charge is 2.17. The van der Waals surface area contributed by atoms with Crippen molar-refractivity contribution in [1.29, 1.82) is 0 Å². The summed E-state index contributed by atoms with van der Waals surface area (Å²) < 4.78 is 16.9. The summed E-state index contributed by atoms with van der Waals surface area (Å²) in [5.74, 6) is -0.878. The molecule has 1 atom stereocenters. The molecule has 0 radical (unpaired) electrons. The molecule has 0 aliphatic rings. The molecule has 0 aliphatic carbocycles. The molecular weight excluding hydrogens is 352 g/mol. The third kappa shape index (κ3) is 4.62. The van der Waals surface area contributed by atoms with Crippen LogP contribution in [0.5, 0.6) is 0 Å². The van der Waals surface area contributed by atoms with Gasteiger partial charge in [0.2, 0.25) is 0 Å². The minimum atomic E-state index is -1.30. The normalized spacial score (nSPS) is 11.6. The van der Waals surface area contributed by atoms with Crippen LogP contribution in [0, 0.1) is 0 Å². The van der Waals surface area contributed by atoms with Crippen molar-refractivity contribution in [3.8, 4) is 0 Å². The Bertz CT molecular complexity index is 782. The molecule has 0 bridgehead atoms. The number of ether oxygens (including phenoxy) is 1. The van der Waals surface area contributed by atoms with E-state index < -0.39 is 29.3 Å². The lowest BCUT2D eigenvalue weighted by Gasteiger charge is -2.09. The molecule has 6 nitrogen and oxygen atoms in total. The van der Waals surface area contributed by atoms with Gasteiger partial charge in [-0.15, -0.1) is 0 Å². The van der Waals surface area contributed by atoms with Crippen LogP contribution in [0.3, 0.4) is 0 Å². The van der Waals surface area contributed by atoms with E-state index in [9.17, 15) is 13.8 Å². The van der Waals surface area contributed by atoms with Crippen LogP contribution in [0.25, 0.3) is 0 Å². The van der Waals surface area contributed by atoms with Gasteiger partial charge in [0.25, 0.3) is 5.91 Å². The van der Waals surface area contributed by atoms with Crippen molar-refractivity contribution in [1.82, 2.24) is 4.98 Å². The summed E-state index contributed by atoms with van der Waals surface area (Å²) in [5.41, 5.74) is 0.512. The van der Waals surface area contributed by atoms with Crippen LogP contribution in [-0.2, 0) is 20.3 Å². The van der Waals surface area contributed by atoms with E-state index in [1.54, 1.807) is 37.3 Å². The number of anilines is 1. The summed E-state index contributed by atoms with van der Waals surface area (Å²) >= 11 is 5.83. The molecule has 2 rings (SSSR count). The number of aromatic nitrogens is 1. The van der Waals surface area contributed by atoms with E-state index in [-0.39, 0.29) is 10.7 Å². The second-order valence-corrected chi connectivity index (χ2v) is 6.66. The van der Waals surface area contributed by atoms with Crippen LogP contribution in [-0.4, -0.2) is 33.4 Å². The van der Waals surface area contributed by atoms with Gasteiger partial charge < -0.3 is 10.1 Å². The average molecular weight is 367 g/mol. The first-order valence-corrected chi connectivity index (χ1v) is 8.77. The van der Waals surface area contributed by atoms with Crippen LogP contribution in [0.4, 0.5) is 5.69 Å². The Kier molecular flexibility index (Phi) is 6.45. The summed E-state index contributed by atoms with van der Waals surface area (Å²) in [7, 11) is -1.30. The minimum Gasteiger partial charge on any atom is -0.452 e. The van der Waals surface area contributed by atoms with Crippen molar-refractivity contribution in [3.05, 3.63) is 53.3 Å². The number of esters is 1. The first-order chi connectivity index (χ1) is 11.5. The zero-order valence-corrected chi connectivity index (χ0v) is 14.4. The molecule has 0 aliphatic heterocycles. The molecule has 1 heterocycles. The number of hydrogen-bond acceptors (Lipinski definition) is 5. The lowest BCUT2D eigenvalue weighted by atomic mass is 10.2. The number of pyridine rings is 1. The van der Waals surface area contributed by atoms with E-state index in [0.717, 1.165) is 0 Å². The lowest BCUT2D eigenvalue weighted by molar-refractivity contribution is -0.119. The Balaban J connectivity index is 2.00. The fourth-order valence-corrected chi connectivity index (χ4v) is 2.97. The van der Waals surface area contributed by atoms with E-state index in [4.69, 9.17) is 16.3 Å². The van der Waals surface area contributed by atoms with Gasteiger partial charge in [-0.3, -0.25) is 9.00 Å². The molecule has 0 unspecified atom stereocenters. The molecule has 0 saturated carbocycles. The number of rotatable bonds is 6. The SMILES string of the molecule is CC[S@](=O)c1ccccc1C(=O)OCC(=O)Nc1cccnc1Cl. The van der Waals surface area contributed by atoms with Crippen LogP contribution in [0.15, 0.2) is 47.5 Å². The molecule has 1 amide bonds. The fourth-order valence-electron chi connectivity index (χ4n) is 1.86. The van der Waals surface area contributed by atoms with E-state index >= 15 is 0 Å². The van der Waals surface area contributed by atoms with Gasteiger partial charge in [-0.2, -0.15) is 0 Å². The molecule has 0 spiro atoms. The van der Waals surface area contributed by atoms with Gasteiger partial charge in [-0.25, -0.2) is 9.78 Å². The van der Waals surface area contributed by atoms with Crippen molar-refractivity contribution >= 4 is 40.0 Å². The second kappa shape index (κ2) is 8.56. The van der Waals surface area contributed by atoms with Crippen LogP contribution in [0.1, 0.15) is 17.3 Å². The Hall–Kier alpha value is -2.25. The average Bonchev–Trinajstić information content (AvgIpc) is 2.61. The second-order valence-electron chi connectivity index (χ2n) is 4.60. The number of nitrogens with zero attached hydrogens (tertiary/aromatic N) is 1. The largest absolute Gasteiger partial charge is 0.452 e. The van der Waals surface area contributed by atoms with Crippen molar-refractivity contribution in [3.63, 3.8) is 0 Å². The number of benzene rings is 1. The van der Waals surface area contributed by atoms with Gasteiger partial charge in [0.1, 0.15) is 0 Å². The van der Waals surface area contributed by atoms with Crippen molar-refractivity contribution in [2.45, 2.75) is 11.8 Å². The fraction of sp³-hybridized carbons (Fsp3) is 0.188. The Morgan fingerprint density at radius 2 is 2.00 bits per heavy atom. The third-order valence-corrected chi connectivity index (χ3v) is 4.65. The standard InChI is InChI=1S/C16H15ClN2O4S/c1-2-24(22)13-8-4-3-6-11(13)16(21)23-10-14(20)19-12-7-5-9-18-15(12)17/h3-9H,2,10H2,1H3,(H,19,20)/t24-/m0/s1. The number of amides is 1. The zero-order chi connectivity index (χ0) is 17.5.